The van der Waals surface area contributed by atoms with Crippen LogP contribution in [0.4, 0.5) is 5.69 Å². The van der Waals surface area contributed by atoms with E-state index >= 15 is 0 Å². The lowest BCUT2D eigenvalue weighted by Crippen LogP contribution is -1.99. The molecule has 20 heavy (non-hydrogen) atoms. The topological polar surface area (TPSA) is 12.0 Å². The fourth-order valence-corrected chi connectivity index (χ4v) is 2.65. The Morgan fingerprint density at radius 3 is 2.40 bits per heavy atom. The van der Waals surface area contributed by atoms with Crippen LogP contribution in [0, 0.1) is 0 Å². The molecular formula is C17H13Cl2N. The number of benzene rings is 3. The highest BCUT2D eigenvalue weighted by Gasteiger charge is 2.01. The summed E-state index contributed by atoms with van der Waals surface area (Å²) in [6, 6.07) is 20.2. The zero-order valence-electron chi connectivity index (χ0n) is 10.7. The summed E-state index contributed by atoms with van der Waals surface area (Å²) in [7, 11) is 0. The van der Waals surface area contributed by atoms with Crippen LogP contribution in [-0.4, -0.2) is 0 Å². The molecular weight excluding hydrogens is 289 g/mol. The van der Waals surface area contributed by atoms with Gasteiger partial charge in [0.25, 0.3) is 0 Å². The Morgan fingerprint density at radius 1 is 0.800 bits per heavy atom. The van der Waals surface area contributed by atoms with Gasteiger partial charge in [0.1, 0.15) is 0 Å². The zero-order valence-corrected chi connectivity index (χ0v) is 12.2. The Morgan fingerprint density at radius 2 is 1.60 bits per heavy atom. The van der Waals surface area contributed by atoms with E-state index in [1.807, 2.05) is 18.2 Å². The third kappa shape index (κ3) is 2.90. The summed E-state index contributed by atoms with van der Waals surface area (Å²) < 4.78 is 0. The maximum absolute atomic E-state index is 6.14. The van der Waals surface area contributed by atoms with Crippen LogP contribution in [-0.2, 0) is 6.54 Å². The molecule has 0 saturated heterocycles. The predicted octanol–water partition coefficient (Wildman–Crippen LogP) is 5.76. The summed E-state index contributed by atoms with van der Waals surface area (Å²) in [6.45, 7) is 0.728. The van der Waals surface area contributed by atoms with Crippen LogP contribution in [0.1, 0.15) is 5.56 Å². The molecule has 0 heterocycles. The van der Waals surface area contributed by atoms with Crippen molar-refractivity contribution in [2.24, 2.45) is 0 Å². The summed E-state index contributed by atoms with van der Waals surface area (Å²) >= 11 is 12.0. The Labute approximate surface area is 128 Å². The van der Waals surface area contributed by atoms with E-state index in [9.17, 15) is 0 Å². The number of hydrogen-bond acceptors (Lipinski definition) is 1. The molecule has 1 N–H and O–H groups in total. The van der Waals surface area contributed by atoms with Crippen LogP contribution < -0.4 is 5.32 Å². The first-order valence-electron chi connectivity index (χ1n) is 6.39. The predicted molar refractivity (Wildman–Crippen MR) is 87.7 cm³/mol. The van der Waals surface area contributed by atoms with Crippen molar-refractivity contribution in [2.75, 3.05) is 5.32 Å². The molecule has 0 aliphatic rings. The van der Waals surface area contributed by atoms with Crippen molar-refractivity contribution in [2.45, 2.75) is 6.54 Å². The van der Waals surface area contributed by atoms with E-state index in [0.717, 1.165) is 12.2 Å². The van der Waals surface area contributed by atoms with Crippen molar-refractivity contribution in [3.8, 4) is 0 Å². The van der Waals surface area contributed by atoms with Crippen LogP contribution in [0.2, 0.25) is 10.0 Å². The molecule has 3 aromatic carbocycles. The van der Waals surface area contributed by atoms with Gasteiger partial charge in [0, 0.05) is 11.6 Å². The molecule has 0 saturated carbocycles. The molecule has 0 spiro atoms. The van der Waals surface area contributed by atoms with Crippen molar-refractivity contribution < 1.29 is 0 Å². The van der Waals surface area contributed by atoms with Crippen LogP contribution in [0.25, 0.3) is 10.8 Å². The van der Waals surface area contributed by atoms with Gasteiger partial charge in [0.2, 0.25) is 0 Å². The second-order valence-corrected chi connectivity index (χ2v) is 5.50. The van der Waals surface area contributed by atoms with Gasteiger partial charge in [-0.1, -0.05) is 59.6 Å². The largest absolute Gasteiger partial charge is 0.380 e. The summed E-state index contributed by atoms with van der Waals surface area (Å²) in [5.74, 6) is 0. The molecule has 0 aromatic heterocycles. The fraction of sp³-hybridized carbons (Fsp3) is 0.0588. The van der Waals surface area contributed by atoms with E-state index < -0.39 is 0 Å². The van der Waals surface area contributed by atoms with Gasteiger partial charge in [-0.15, -0.1) is 0 Å². The Bertz CT molecular complexity index is 753. The number of rotatable bonds is 3. The van der Waals surface area contributed by atoms with Gasteiger partial charge < -0.3 is 5.32 Å². The first-order chi connectivity index (χ1) is 9.72. The SMILES string of the molecule is Clc1ccc(NCc2ccc3ccccc3c2)c(Cl)c1. The molecule has 0 radical (unpaired) electrons. The number of halogens is 2. The molecule has 0 amide bonds. The summed E-state index contributed by atoms with van der Waals surface area (Å²) in [4.78, 5) is 0. The Hall–Kier alpha value is -1.70. The van der Waals surface area contributed by atoms with Gasteiger partial charge in [0.15, 0.2) is 0 Å². The molecule has 0 aliphatic carbocycles. The summed E-state index contributed by atoms with van der Waals surface area (Å²) in [5.41, 5.74) is 2.11. The number of hydrogen-bond donors (Lipinski definition) is 1. The Balaban J connectivity index is 1.79. The molecule has 0 unspecified atom stereocenters. The van der Waals surface area contributed by atoms with Crippen LogP contribution in [0.3, 0.4) is 0 Å². The van der Waals surface area contributed by atoms with Crippen molar-refractivity contribution in [1.29, 1.82) is 0 Å². The van der Waals surface area contributed by atoms with E-state index in [1.165, 1.54) is 16.3 Å². The average Bonchev–Trinajstić information content (AvgIpc) is 2.46. The van der Waals surface area contributed by atoms with E-state index in [2.05, 4.69) is 41.7 Å². The smallest absolute Gasteiger partial charge is 0.0652 e. The lowest BCUT2D eigenvalue weighted by molar-refractivity contribution is 1.16. The molecule has 0 atom stereocenters. The molecule has 0 aliphatic heterocycles. The van der Waals surface area contributed by atoms with Gasteiger partial charge in [-0.3, -0.25) is 0 Å². The highest BCUT2D eigenvalue weighted by molar-refractivity contribution is 6.36. The van der Waals surface area contributed by atoms with Crippen LogP contribution in [0.5, 0.6) is 0 Å². The van der Waals surface area contributed by atoms with Crippen molar-refractivity contribution in [1.82, 2.24) is 0 Å². The Kier molecular flexibility index (Phi) is 3.81. The molecule has 0 fully saturated rings. The second-order valence-electron chi connectivity index (χ2n) is 4.66. The monoisotopic (exact) mass is 301 g/mol. The fourth-order valence-electron chi connectivity index (χ4n) is 2.18. The highest BCUT2D eigenvalue weighted by Crippen LogP contribution is 2.26. The quantitative estimate of drug-likeness (QED) is 0.648. The standard InChI is InChI=1S/C17H13Cl2N/c18-15-7-8-17(16(19)10-15)20-11-12-5-6-13-3-1-2-4-14(13)9-12/h1-10,20H,11H2. The molecule has 100 valence electrons. The number of anilines is 1. The van der Waals surface area contributed by atoms with Gasteiger partial charge in [-0.05, 0) is 40.6 Å². The van der Waals surface area contributed by atoms with E-state index in [1.54, 1.807) is 6.07 Å². The zero-order chi connectivity index (χ0) is 13.9. The molecule has 3 heteroatoms. The van der Waals surface area contributed by atoms with Gasteiger partial charge >= 0.3 is 0 Å². The molecule has 3 rings (SSSR count). The van der Waals surface area contributed by atoms with Crippen LogP contribution in [0.15, 0.2) is 60.7 Å². The molecule has 1 nitrogen and oxygen atoms in total. The van der Waals surface area contributed by atoms with Crippen molar-refractivity contribution >= 4 is 39.7 Å². The maximum atomic E-state index is 6.14. The molecule has 3 aromatic rings. The second kappa shape index (κ2) is 5.74. The van der Waals surface area contributed by atoms with Crippen LogP contribution >= 0.6 is 23.2 Å². The lowest BCUT2D eigenvalue weighted by atomic mass is 10.1. The van der Waals surface area contributed by atoms with E-state index in [-0.39, 0.29) is 0 Å². The number of fused-ring (bicyclic) bond motifs is 1. The third-order valence-corrected chi connectivity index (χ3v) is 3.78. The average molecular weight is 302 g/mol. The minimum absolute atomic E-state index is 0.637. The third-order valence-electron chi connectivity index (χ3n) is 3.23. The highest BCUT2D eigenvalue weighted by atomic mass is 35.5. The maximum Gasteiger partial charge on any atom is 0.0652 e. The lowest BCUT2D eigenvalue weighted by Gasteiger charge is -2.09. The van der Waals surface area contributed by atoms with Crippen molar-refractivity contribution in [3.05, 3.63) is 76.3 Å². The minimum Gasteiger partial charge on any atom is -0.380 e. The summed E-state index contributed by atoms with van der Waals surface area (Å²) in [5, 5.41) is 7.11. The van der Waals surface area contributed by atoms with Gasteiger partial charge in [0.05, 0.1) is 10.7 Å². The van der Waals surface area contributed by atoms with E-state index in [0.29, 0.717) is 10.0 Å². The van der Waals surface area contributed by atoms with Gasteiger partial charge in [-0.25, -0.2) is 0 Å². The minimum atomic E-state index is 0.637. The van der Waals surface area contributed by atoms with Crippen molar-refractivity contribution in [3.63, 3.8) is 0 Å². The molecule has 0 bridgehead atoms. The first kappa shape index (κ1) is 13.3. The number of nitrogens with one attached hydrogen (secondary N) is 1. The summed E-state index contributed by atoms with van der Waals surface area (Å²) in [6.07, 6.45) is 0. The first-order valence-corrected chi connectivity index (χ1v) is 7.14. The normalized spacial score (nSPS) is 10.7. The van der Waals surface area contributed by atoms with E-state index in [4.69, 9.17) is 23.2 Å². The van der Waals surface area contributed by atoms with Gasteiger partial charge in [-0.2, -0.15) is 0 Å².